The SMILES string of the molecule is COc1c(F)cc(N(C(C)=O)c2cc(NC(=O)Cc3ccc(F)cc3Cl)ccn2)cc1F. The summed E-state index contributed by atoms with van der Waals surface area (Å²) in [6.07, 6.45) is 1.20. The molecule has 0 bridgehead atoms. The summed E-state index contributed by atoms with van der Waals surface area (Å²) in [5.74, 6) is -4.07. The molecule has 1 N–H and O–H groups in total. The van der Waals surface area contributed by atoms with E-state index in [0.717, 1.165) is 30.2 Å². The number of pyridine rings is 1. The van der Waals surface area contributed by atoms with E-state index in [1.54, 1.807) is 0 Å². The van der Waals surface area contributed by atoms with Crippen molar-refractivity contribution in [3.05, 3.63) is 76.7 Å². The molecule has 1 aromatic heterocycles. The number of aromatic nitrogens is 1. The molecule has 0 unspecified atom stereocenters. The van der Waals surface area contributed by atoms with Gasteiger partial charge in [-0.3, -0.25) is 14.5 Å². The van der Waals surface area contributed by atoms with E-state index in [0.29, 0.717) is 5.56 Å². The van der Waals surface area contributed by atoms with Gasteiger partial charge in [-0.1, -0.05) is 17.7 Å². The van der Waals surface area contributed by atoms with E-state index in [9.17, 15) is 22.8 Å². The zero-order valence-corrected chi connectivity index (χ0v) is 17.7. The highest BCUT2D eigenvalue weighted by Gasteiger charge is 2.21. The number of hydrogen-bond acceptors (Lipinski definition) is 4. The minimum atomic E-state index is -0.991. The quantitative estimate of drug-likeness (QED) is 0.556. The number of nitrogens with one attached hydrogen (secondary N) is 1. The van der Waals surface area contributed by atoms with Gasteiger partial charge >= 0.3 is 0 Å². The highest BCUT2D eigenvalue weighted by atomic mass is 35.5. The van der Waals surface area contributed by atoms with E-state index in [1.807, 2.05) is 0 Å². The molecule has 32 heavy (non-hydrogen) atoms. The summed E-state index contributed by atoms with van der Waals surface area (Å²) >= 11 is 5.95. The Morgan fingerprint density at radius 2 is 1.78 bits per heavy atom. The molecule has 0 aliphatic carbocycles. The van der Waals surface area contributed by atoms with Gasteiger partial charge < -0.3 is 10.1 Å². The molecular weight excluding hydrogens is 447 g/mol. The maximum atomic E-state index is 14.2. The number of rotatable bonds is 6. The Bertz CT molecular complexity index is 1170. The largest absolute Gasteiger partial charge is 0.491 e. The van der Waals surface area contributed by atoms with Crippen molar-refractivity contribution in [1.29, 1.82) is 0 Å². The molecule has 166 valence electrons. The van der Waals surface area contributed by atoms with Gasteiger partial charge in [0.05, 0.1) is 19.2 Å². The lowest BCUT2D eigenvalue weighted by atomic mass is 10.1. The van der Waals surface area contributed by atoms with Crippen LogP contribution in [0, 0.1) is 17.5 Å². The third-order valence-electron chi connectivity index (χ3n) is 4.38. The molecule has 0 spiro atoms. The lowest BCUT2D eigenvalue weighted by Gasteiger charge is -2.21. The molecule has 0 fully saturated rings. The monoisotopic (exact) mass is 463 g/mol. The number of hydrogen-bond donors (Lipinski definition) is 1. The number of anilines is 3. The van der Waals surface area contributed by atoms with Crippen LogP contribution in [-0.4, -0.2) is 23.9 Å². The van der Waals surface area contributed by atoms with Gasteiger partial charge in [0.25, 0.3) is 0 Å². The molecule has 6 nitrogen and oxygen atoms in total. The lowest BCUT2D eigenvalue weighted by Crippen LogP contribution is -2.24. The van der Waals surface area contributed by atoms with Gasteiger partial charge in [-0.25, -0.2) is 18.2 Å². The van der Waals surface area contributed by atoms with E-state index in [4.69, 9.17) is 11.6 Å². The Labute approximate surface area is 186 Å². The van der Waals surface area contributed by atoms with Gasteiger partial charge in [0.2, 0.25) is 11.8 Å². The van der Waals surface area contributed by atoms with Crippen molar-refractivity contribution in [1.82, 2.24) is 4.98 Å². The normalized spacial score (nSPS) is 10.6. The molecule has 3 rings (SSSR count). The number of methoxy groups -OCH3 is 1. The maximum Gasteiger partial charge on any atom is 0.229 e. The van der Waals surface area contributed by atoms with Gasteiger partial charge in [-0.2, -0.15) is 0 Å². The van der Waals surface area contributed by atoms with E-state index >= 15 is 0 Å². The molecule has 1 heterocycles. The highest BCUT2D eigenvalue weighted by Crippen LogP contribution is 2.32. The van der Waals surface area contributed by atoms with Crippen molar-refractivity contribution in [2.75, 3.05) is 17.3 Å². The Kier molecular flexibility index (Phi) is 6.99. The molecule has 0 aliphatic rings. The Morgan fingerprint density at radius 3 is 2.38 bits per heavy atom. The number of ether oxygens (including phenoxy) is 1. The third-order valence-corrected chi connectivity index (χ3v) is 4.74. The summed E-state index contributed by atoms with van der Waals surface area (Å²) < 4.78 is 46.1. The molecule has 3 aromatic rings. The summed E-state index contributed by atoms with van der Waals surface area (Å²) in [5.41, 5.74) is 0.593. The summed E-state index contributed by atoms with van der Waals surface area (Å²) in [7, 11) is 1.12. The first-order valence-corrected chi connectivity index (χ1v) is 9.61. The van der Waals surface area contributed by atoms with Crippen LogP contribution in [-0.2, 0) is 16.0 Å². The molecule has 0 aliphatic heterocycles. The summed E-state index contributed by atoms with van der Waals surface area (Å²) in [6, 6.07) is 8.41. The van der Waals surface area contributed by atoms with Gasteiger partial charge in [-0.15, -0.1) is 0 Å². The fourth-order valence-corrected chi connectivity index (χ4v) is 3.24. The maximum absolute atomic E-state index is 14.2. The van der Waals surface area contributed by atoms with Crippen LogP contribution in [0.3, 0.4) is 0 Å². The second-order valence-corrected chi connectivity index (χ2v) is 7.07. The molecular formula is C22H17ClF3N3O3. The molecule has 2 aromatic carbocycles. The highest BCUT2D eigenvalue weighted by molar-refractivity contribution is 6.31. The summed E-state index contributed by atoms with van der Waals surface area (Å²) in [5, 5.41) is 2.73. The minimum absolute atomic E-state index is 0.0269. The average molecular weight is 464 g/mol. The number of nitrogens with zero attached hydrogens (tertiary/aromatic N) is 2. The molecule has 0 saturated heterocycles. The molecule has 0 atom stereocenters. The van der Waals surface area contributed by atoms with Crippen LogP contribution < -0.4 is 15.0 Å². The van der Waals surface area contributed by atoms with E-state index in [1.165, 1.54) is 37.4 Å². The van der Waals surface area contributed by atoms with Gasteiger partial charge in [0, 0.05) is 42.0 Å². The van der Waals surface area contributed by atoms with Gasteiger partial charge in [0.15, 0.2) is 17.4 Å². The summed E-state index contributed by atoms with van der Waals surface area (Å²) in [6.45, 7) is 1.20. The Hall–Kier alpha value is -3.59. The van der Waals surface area contributed by atoms with Crippen molar-refractivity contribution in [2.24, 2.45) is 0 Å². The number of carbonyl (C=O) groups excluding carboxylic acids is 2. The van der Waals surface area contributed by atoms with Crippen molar-refractivity contribution in [3.8, 4) is 5.75 Å². The van der Waals surface area contributed by atoms with Crippen LogP contribution in [0.1, 0.15) is 12.5 Å². The van der Waals surface area contributed by atoms with E-state index in [-0.39, 0.29) is 28.6 Å². The average Bonchev–Trinajstić information content (AvgIpc) is 2.70. The van der Waals surface area contributed by atoms with Crippen LogP contribution in [0.5, 0.6) is 5.75 Å². The second-order valence-electron chi connectivity index (χ2n) is 6.66. The summed E-state index contributed by atoms with van der Waals surface area (Å²) in [4.78, 5) is 29.7. The zero-order valence-electron chi connectivity index (χ0n) is 17.0. The lowest BCUT2D eigenvalue weighted by molar-refractivity contribution is -0.116. The van der Waals surface area contributed by atoms with E-state index < -0.39 is 35.0 Å². The Balaban J connectivity index is 1.86. The molecule has 0 radical (unpaired) electrons. The van der Waals surface area contributed by atoms with Crippen molar-refractivity contribution >= 4 is 40.6 Å². The fourth-order valence-electron chi connectivity index (χ4n) is 3.01. The molecule has 2 amide bonds. The first-order valence-electron chi connectivity index (χ1n) is 9.23. The topological polar surface area (TPSA) is 71.5 Å². The van der Waals surface area contributed by atoms with Crippen LogP contribution in [0.2, 0.25) is 5.02 Å². The number of carbonyl (C=O) groups is 2. The standard InChI is InChI=1S/C22H17ClF3N3O3/c1-12(30)29(16-10-18(25)22(32-2)19(26)11-16)20-9-15(5-6-27-20)28-21(31)7-13-3-4-14(24)8-17(13)23/h3-6,8-11H,7H2,1-2H3,(H,27,28,31). The molecule has 0 saturated carbocycles. The van der Waals surface area contributed by atoms with Gasteiger partial charge in [0.1, 0.15) is 11.6 Å². The van der Waals surface area contributed by atoms with Crippen LogP contribution >= 0.6 is 11.6 Å². The minimum Gasteiger partial charge on any atom is -0.491 e. The second kappa shape index (κ2) is 9.69. The predicted molar refractivity (Wildman–Crippen MR) is 114 cm³/mol. The first kappa shape index (κ1) is 23.1. The molecule has 10 heteroatoms. The fraction of sp³-hybridized carbons (Fsp3) is 0.136. The number of benzene rings is 2. The van der Waals surface area contributed by atoms with Crippen LogP contribution in [0.4, 0.5) is 30.4 Å². The smallest absolute Gasteiger partial charge is 0.229 e. The van der Waals surface area contributed by atoms with Crippen LogP contribution in [0.25, 0.3) is 0 Å². The Morgan fingerprint density at radius 1 is 1.09 bits per heavy atom. The van der Waals surface area contributed by atoms with Gasteiger partial charge in [-0.05, 0) is 23.8 Å². The zero-order chi connectivity index (χ0) is 23.4. The number of halogens is 4. The third kappa shape index (κ3) is 5.17. The van der Waals surface area contributed by atoms with Crippen molar-refractivity contribution in [2.45, 2.75) is 13.3 Å². The van der Waals surface area contributed by atoms with Crippen molar-refractivity contribution < 1.29 is 27.5 Å². The van der Waals surface area contributed by atoms with E-state index in [2.05, 4.69) is 15.0 Å². The first-order chi connectivity index (χ1) is 15.2. The van der Waals surface area contributed by atoms with Crippen LogP contribution in [0.15, 0.2) is 48.7 Å². The predicted octanol–water partition coefficient (Wildman–Crippen LogP) is 5.03. The van der Waals surface area contributed by atoms with Crippen molar-refractivity contribution in [3.63, 3.8) is 0 Å². The number of amides is 2.